The minimum absolute atomic E-state index is 0.103. The van der Waals surface area contributed by atoms with E-state index >= 15 is 0 Å². The van der Waals surface area contributed by atoms with Gasteiger partial charge in [0.15, 0.2) is 0 Å². The lowest BCUT2D eigenvalue weighted by Crippen LogP contribution is -2.18. The summed E-state index contributed by atoms with van der Waals surface area (Å²) in [6.07, 6.45) is 1.52. The Hall–Kier alpha value is -2.14. The number of furan rings is 1. The van der Waals surface area contributed by atoms with E-state index in [4.69, 9.17) is 4.42 Å². The van der Waals surface area contributed by atoms with Crippen molar-refractivity contribution in [3.05, 3.63) is 53.2 Å². The quantitative estimate of drug-likeness (QED) is 0.849. The SMILES string of the molecule is COC(=O)c1ccc(CNC(C)c2ccc(C)o2)nc1. The lowest BCUT2D eigenvalue weighted by Gasteiger charge is -2.11. The van der Waals surface area contributed by atoms with Crippen molar-refractivity contribution in [1.82, 2.24) is 10.3 Å². The van der Waals surface area contributed by atoms with Gasteiger partial charge < -0.3 is 14.5 Å². The maximum absolute atomic E-state index is 11.3. The second kappa shape index (κ2) is 6.34. The predicted molar refractivity (Wildman–Crippen MR) is 74.3 cm³/mol. The largest absolute Gasteiger partial charge is 0.465 e. The number of ether oxygens (including phenoxy) is 1. The maximum Gasteiger partial charge on any atom is 0.339 e. The highest BCUT2D eigenvalue weighted by Gasteiger charge is 2.10. The zero-order valence-electron chi connectivity index (χ0n) is 11.8. The van der Waals surface area contributed by atoms with Crippen LogP contribution in [0.25, 0.3) is 0 Å². The molecule has 0 aliphatic rings. The van der Waals surface area contributed by atoms with Gasteiger partial charge in [0.25, 0.3) is 0 Å². The van der Waals surface area contributed by atoms with Gasteiger partial charge >= 0.3 is 5.97 Å². The van der Waals surface area contributed by atoms with Crippen LogP contribution in [0.3, 0.4) is 0 Å². The fourth-order valence-corrected chi connectivity index (χ4v) is 1.81. The third-order valence-corrected chi connectivity index (χ3v) is 3.02. The highest BCUT2D eigenvalue weighted by molar-refractivity contribution is 5.88. The van der Waals surface area contributed by atoms with Gasteiger partial charge in [-0.1, -0.05) is 0 Å². The molecule has 0 aromatic carbocycles. The van der Waals surface area contributed by atoms with Crippen molar-refractivity contribution in [2.24, 2.45) is 0 Å². The Kier molecular flexibility index (Phi) is 4.53. The summed E-state index contributed by atoms with van der Waals surface area (Å²) in [7, 11) is 1.35. The number of nitrogens with zero attached hydrogens (tertiary/aromatic N) is 1. The number of nitrogens with one attached hydrogen (secondary N) is 1. The van der Waals surface area contributed by atoms with E-state index in [1.54, 1.807) is 12.1 Å². The van der Waals surface area contributed by atoms with Gasteiger partial charge in [-0.25, -0.2) is 4.79 Å². The Labute approximate surface area is 118 Å². The number of esters is 1. The lowest BCUT2D eigenvalue weighted by molar-refractivity contribution is 0.0600. The molecule has 1 N–H and O–H groups in total. The molecule has 0 aliphatic carbocycles. The summed E-state index contributed by atoms with van der Waals surface area (Å²) in [5.41, 5.74) is 1.30. The summed E-state index contributed by atoms with van der Waals surface area (Å²) in [6, 6.07) is 7.51. The fourth-order valence-electron chi connectivity index (χ4n) is 1.81. The Morgan fingerprint density at radius 3 is 2.75 bits per heavy atom. The molecule has 2 aromatic heterocycles. The van der Waals surface area contributed by atoms with Crippen LogP contribution in [-0.4, -0.2) is 18.1 Å². The number of hydrogen-bond donors (Lipinski definition) is 1. The van der Waals surface area contributed by atoms with Gasteiger partial charge in [-0.15, -0.1) is 0 Å². The molecule has 2 heterocycles. The Morgan fingerprint density at radius 1 is 1.40 bits per heavy atom. The first kappa shape index (κ1) is 14.3. The molecule has 5 nitrogen and oxygen atoms in total. The first-order valence-electron chi connectivity index (χ1n) is 6.43. The van der Waals surface area contributed by atoms with Crippen LogP contribution in [0.15, 0.2) is 34.9 Å². The van der Waals surface area contributed by atoms with E-state index in [1.165, 1.54) is 13.3 Å². The van der Waals surface area contributed by atoms with Crippen molar-refractivity contribution < 1.29 is 13.9 Å². The van der Waals surface area contributed by atoms with Crippen LogP contribution in [0.4, 0.5) is 0 Å². The molecule has 0 radical (unpaired) electrons. The van der Waals surface area contributed by atoms with Crippen LogP contribution in [-0.2, 0) is 11.3 Å². The maximum atomic E-state index is 11.3. The van der Waals surface area contributed by atoms with Gasteiger partial charge in [-0.2, -0.15) is 0 Å². The van der Waals surface area contributed by atoms with E-state index < -0.39 is 0 Å². The third kappa shape index (κ3) is 3.45. The topological polar surface area (TPSA) is 64.4 Å². The van der Waals surface area contributed by atoms with E-state index in [9.17, 15) is 4.79 Å². The average molecular weight is 274 g/mol. The minimum Gasteiger partial charge on any atom is -0.465 e. The van der Waals surface area contributed by atoms with Gasteiger partial charge in [-0.3, -0.25) is 4.98 Å². The van der Waals surface area contributed by atoms with E-state index in [0.717, 1.165) is 17.2 Å². The summed E-state index contributed by atoms with van der Waals surface area (Å²) in [4.78, 5) is 15.5. The number of carbonyl (C=O) groups excluding carboxylic acids is 1. The standard InChI is InChI=1S/C15H18N2O3/c1-10-4-7-14(20-10)11(2)16-9-13-6-5-12(8-17-13)15(18)19-3/h4-8,11,16H,9H2,1-3H3. The number of hydrogen-bond acceptors (Lipinski definition) is 5. The van der Waals surface area contributed by atoms with Crippen LogP contribution in [0.1, 0.15) is 40.5 Å². The monoisotopic (exact) mass is 274 g/mol. The number of carbonyl (C=O) groups is 1. The third-order valence-electron chi connectivity index (χ3n) is 3.02. The minimum atomic E-state index is -0.378. The normalized spacial score (nSPS) is 12.2. The Balaban J connectivity index is 1.92. The van der Waals surface area contributed by atoms with Gasteiger partial charge in [0.2, 0.25) is 0 Å². The molecule has 20 heavy (non-hydrogen) atoms. The van der Waals surface area contributed by atoms with Crippen molar-refractivity contribution in [2.75, 3.05) is 7.11 Å². The summed E-state index contributed by atoms with van der Waals surface area (Å²) < 4.78 is 10.2. The Morgan fingerprint density at radius 2 is 2.20 bits per heavy atom. The van der Waals surface area contributed by atoms with Crippen LogP contribution < -0.4 is 5.32 Å². The van der Waals surface area contributed by atoms with Gasteiger partial charge in [0.1, 0.15) is 11.5 Å². The van der Waals surface area contributed by atoms with E-state index in [1.807, 2.05) is 26.0 Å². The summed E-state index contributed by atoms with van der Waals surface area (Å²) in [5.74, 6) is 1.42. The average Bonchev–Trinajstić information content (AvgIpc) is 2.91. The molecule has 0 fully saturated rings. The first-order valence-corrected chi connectivity index (χ1v) is 6.43. The molecule has 1 atom stereocenters. The second-order valence-electron chi connectivity index (χ2n) is 4.58. The van der Waals surface area contributed by atoms with E-state index in [0.29, 0.717) is 12.1 Å². The van der Waals surface area contributed by atoms with Crippen LogP contribution in [0.5, 0.6) is 0 Å². The molecule has 0 amide bonds. The zero-order chi connectivity index (χ0) is 14.5. The summed E-state index contributed by atoms with van der Waals surface area (Å²) in [5, 5.41) is 3.32. The molecule has 0 aliphatic heterocycles. The van der Waals surface area contributed by atoms with E-state index in [2.05, 4.69) is 15.0 Å². The molecule has 0 bridgehead atoms. The number of pyridine rings is 1. The van der Waals surface area contributed by atoms with E-state index in [-0.39, 0.29) is 12.0 Å². The van der Waals surface area contributed by atoms with Crippen molar-refractivity contribution >= 4 is 5.97 Å². The first-order chi connectivity index (χ1) is 9.60. The summed E-state index contributed by atoms with van der Waals surface area (Å²) >= 11 is 0. The molecular formula is C15H18N2O3. The highest BCUT2D eigenvalue weighted by atomic mass is 16.5. The zero-order valence-corrected chi connectivity index (χ0v) is 11.8. The smallest absolute Gasteiger partial charge is 0.339 e. The molecule has 2 aromatic rings. The van der Waals surface area contributed by atoms with Gasteiger partial charge in [0, 0.05) is 12.7 Å². The van der Waals surface area contributed by atoms with Crippen molar-refractivity contribution in [3.8, 4) is 0 Å². The van der Waals surface area contributed by atoms with Gasteiger partial charge in [0.05, 0.1) is 24.4 Å². The van der Waals surface area contributed by atoms with Crippen molar-refractivity contribution in [1.29, 1.82) is 0 Å². The lowest BCUT2D eigenvalue weighted by atomic mass is 10.2. The molecule has 0 saturated heterocycles. The number of rotatable bonds is 5. The van der Waals surface area contributed by atoms with Crippen LogP contribution in [0, 0.1) is 6.92 Å². The number of aromatic nitrogens is 1. The molecule has 2 rings (SSSR count). The van der Waals surface area contributed by atoms with Crippen LogP contribution in [0.2, 0.25) is 0 Å². The van der Waals surface area contributed by atoms with Gasteiger partial charge in [-0.05, 0) is 38.1 Å². The highest BCUT2D eigenvalue weighted by Crippen LogP contribution is 2.15. The Bertz CT molecular complexity index is 575. The molecule has 1 unspecified atom stereocenters. The second-order valence-corrected chi connectivity index (χ2v) is 4.58. The molecule has 0 spiro atoms. The predicted octanol–water partition coefficient (Wildman–Crippen LogP) is 2.62. The molecule has 5 heteroatoms. The van der Waals surface area contributed by atoms with Crippen molar-refractivity contribution in [3.63, 3.8) is 0 Å². The number of aryl methyl sites for hydroxylation is 1. The fraction of sp³-hybridized carbons (Fsp3) is 0.333. The molecular weight excluding hydrogens is 256 g/mol. The molecule has 106 valence electrons. The number of methoxy groups -OCH3 is 1. The van der Waals surface area contributed by atoms with Crippen molar-refractivity contribution in [2.45, 2.75) is 26.4 Å². The summed E-state index contributed by atoms with van der Waals surface area (Å²) in [6.45, 7) is 4.55. The van der Waals surface area contributed by atoms with Crippen LogP contribution >= 0.6 is 0 Å². The molecule has 0 saturated carbocycles.